The van der Waals surface area contributed by atoms with Gasteiger partial charge < -0.3 is 24.1 Å². The predicted octanol–water partition coefficient (Wildman–Crippen LogP) is 1.27. The van der Waals surface area contributed by atoms with Crippen molar-refractivity contribution in [3.8, 4) is 0 Å². The SMILES string of the molecule is CO[C@@H]1[C@H]2OC(C)(C)O[C@H]2O[C@@H]1C(CO)CS(=O)(=O)c1ccc(C)cc1. The molecule has 1 N–H and O–H groups in total. The zero-order chi connectivity index (χ0) is 19.1. The Morgan fingerprint density at radius 2 is 1.88 bits per heavy atom. The maximum absolute atomic E-state index is 12.7. The van der Waals surface area contributed by atoms with Crippen LogP contribution in [0.25, 0.3) is 0 Å². The summed E-state index contributed by atoms with van der Waals surface area (Å²) in [5.74, 6) is -1.70. The van der Waals surface area contributed by atoms with Crippen molar-refractivity contribution in [3.63, 3.8) is 0 Å². The zero-order valence-electron chi connectivity index (χ0n) is 15.4. The number of methoxy groups -OCH3 is 1. The third-order valence-corrected chi connectivity index (χ3v) is 6.67. The van der Waals surface area contributed by atoms with Crippen LogP contribution < -0.4 is 0 Å². The fourth-order valence-corrected chi connectivity index (χ4v) is 5.13. The lowest BCUT2D eigenvalue weighted by atomic mass is 9.99. The predicted molar refractivity (Wildman–Crippen MR) is 93.3 cm³/mol. The van der Waals surface area contributed by atoms with E-state index in [1.165, 1.54) is 7.11 Å². The lowest BCUT2D eigenvalue weighted by Crippen LogP contribution is -2.43. The zero-order valence-corrected chi connectivity index (χ0v) is 16.2. The molecule has 0 aliphatic carbocycles. The summed E-state index contributed by atoms with van der Waals surface area (Å²) in [7, 11) is -2.07. The van der Waals surface area contributed by atoms with E-state index in [-0.39, 0.29) is 17.3 Å². The van der Waals surface area contributed by atoms with Crippen LogP contribution in [-0.4, -0.2) is 63.4 Å². The third-order valence-electron chi connectivity index (χ3n) is 4.81. The molecule has 8 heteroatoms. The molecule has 2 saturated heterocycles. The van der Waals surface area contributed by atoms with Crippen LogP contribution in [0, 0.1) is 12.8 Å². The van der Waals surface area contributed by atoms with Crippen molar-refractivity contribution in [2.45, 2.75) is 56.1 Å². The van der Waals surface area contributed by atoms with Crippen molar-refractivity contribution < 1.29 is 32.5 Å². The van der Waals surface area contributed by atoms with Gasteiger partial charge in [-0.05, 0) is 32.9 Å². The summed E-state index contributed by atoms with van der Waals surface area (Å²) >= 11 is 0. The van der Waals surface area contributed by atoms with Crippen molar-refractivity contribution in [2.24, 2.45) is 5.92 Å². The second kappa shape index (κ2) is 7.18. The Kier molecular flexibility index (Phi) is 5.45. The van der Waals surface area contributed by atoms with E-state index >= 15 is 0 Å². The van der Waals surface area contributed by atoms with E-state index in [4.69, 9.17) is 18.9 Å². The average molecular weight is 386 g/mol. The highest BCUT2D eigenvalue weighted by Crippen LogP contribution is 2.41. The lowest BCUT2D eigenvalue weighted by Gasteiger charge is -2.29. The van der Waals surface area contributed by atoms with Gasteiger partial charge in [0.2, 0.25) is 0 Å². The van der Waals surface area contributed by atoms with Crippen LogP contribution in [-0.2, 0) is 28.8 Å². The first-order valence-electron chi connectivity index (χ1n) is 8.61. The van der Waals surface area contributed by atoms with Crippen molar-refractivity contribution >= 4 is 9.84 Å². The van der Waals surface area contributed by atoms with Gasteiger partial charge in [-0.2, -0.15) is 0 Å². The molecule has 0 aromatic heterocycles. The average Bonchev–Trinajstić information content (AvgIpc) is 3.04. The molecule has 5 atom stereocenters. The monoisotopic (exact) mass is 386 g/mol. The molecule has 3 rings (SSSR count). The number of ether oxygens (including phenoxy) is 4. The second-order valence-corrected chi connectivity index (χ2v) is 9.34. The minimum atomic E-state index is -3.58. The highest BCUT2D eigenvalue weighted by Gasteiger charge is 2.57. The smallest absolute Gasteiger partial charge is 0.190 e. The highest BCUT2D eigenvalue weighted by molar-refractivity contribution is 7.91. The number of hydrogen-bond acceptors (Lipinski definition) is 7. The largest absolute Gasteiger partial charge is 0.396 e. The fourth-order valence-electron chi connectivity index (χ4n) is 3.53. The van der Waals surface area contributed by atoms with E-state index in [9.17, 15) is 13.5 Å². The third kappa shape index (κ3) is 3.81. The van der Waals surface area contributed by atoms with Crippen LogP contribution in [0.3, 0.4) is 0 Å². The van der Waals surface area contributed by atoms with Gasteiger partial charge >= 0.3 is 0 Å². The topological polar surface area (TPSA) is 91.3 Å². The van der Waals surface area contributed by atoms with Crippen LogP contribution in [0.2, 0.25) is 0 Å². The van der Waals surface area contributed by atoms with Gasteiger partial charge in [0.25, 0.3) is 0 Å². The molecular weight excluding hydrogens is 360 g/mol. The molecule has 0 radical (unpaired) electrons. The molecule has 2 fully saturated rings. The molecule has 146 valence electrons. The molecule has 7 nitrogen and oxygen atoms in total. The highest BCUT2D eigenvalue weighted by atomic mass is 32.2. The first-order chi connectivity index (χ1) is 12.2. The number of aliphatic hydroxyl groups excluding tert-OH is 1. The Morgan fingerprint density at radius 3 is 2.46 bits per heavy atom. The summed E-state index contributed by atoms with van der Waals surface area (Å²) in [6.07, 6.45) is -2.27. The first kappa shape index (κ1) is 19.7. The van der Waals surface area contributed by atoms with E-state index in [0.717, 1.165) is 5.56 Å². The molecule has 1 aromatic carbocycles. The molecule has 2 aliphatic rings. The maximum atomic E-state index is 12.7. The minimum Gasteiger partial charge on any atom is -0.396 e. The Hall–Kier alpha value is -1.03. The Morgan fingerprint density at radius 1 is 1.23 bits per heavy atom. The van der Waals surface area contributed by atoms with Crippen molar-refractivity contribution in [1.82, 2.24) is 0 Å². The summed E-state index contributed by atoms with van der Waals surface area (Å²) < 4.78 is 48.4. The Labute approximate surface area is 154 Å². The van der Waals surface area contributed by atoms with Crippen LogP contribution in [0.4, 0.5) is 0 Å². The van der Waals surface area contributed by atoms with Gasteiger partial charge in [-0.15, -0.1) is 0 Å². The lowest BCUT2D eigenvalue weighted by molar-refractivity contribution is -0.223. The molecule has 26 heavy (non-hydrogen) atoms. The van der Waals surface area contributed by atoms with Gasteiger partial charge in [-0.25, -0.2) is 8.42 Å². The van der Waals surface area contributed by atoms with Crippen LogP contribution in [0.5, 0.6) is 0 Å². The summed E-state index contributed by atoms with van der Waals surface area (Å²) in [5, 5.41) is 9.84. The number of aryl methyl sites for hydroxylation is 1. The number of fused-ring (bicyclic) bond motifs is 1. The second-order valence-electron chi connectivity index (χ2n) is 7.31. The summed E-state index contributed by atoms with van der Waals surface area (Å²) in [5.41, 5.74) is 0.978. The number of hydrogen-bond donors (Lipinski definition) is 1. The van der Waals surface area contributed by atoms with Crippen molar-refractivity contribution in [1.29, 1.82) is 0 Å². The van der Waals surface area contributed by atoms with E-state index in [1.54, 1.807) is 38.1 Å². The number of sulfone groups is 1. The first-order valence-corrected chi connectivity index (χ1v) is 10.3. The Bertz CT molecular complexity index is 728. The van der Waals surface area contributed by atoms with E-state index in [1.807, 2.05) is 6.92 Å². The van der Waals surface area contributed by atoms with Gasteiger partial charge in [0.1, 0.15) is 12.2 Å². The molecule has 2 aliphatic heterocycles. The van der Waals surface area contributed by atoms with Gasteiger partial charge in [0, 0.05) is 19.6 Å². The van der Waals surface area contributed by atoms with Gasteiger partial charge in [-0.1, -0.05) is 17.7 Å². The van der Waals surface area contributed by atoms with Gasteiger partial charge in [0.15, 0.2) is 21.9 Å². The molecule has 0 bridgehead atoms. The molecule has 1 aromatic rings. The quantitative estimate of drug-likeness (QED) is 0.787. The maximum Gasteiger partial charge on any atom is 0.190 e. The van der Waals surface area contributed by atoms with Crippen LogP contribution in [0.1, 0.15) is 19.4 Å². The van der Waals surface area contributed by atoms with Gasteiger partial charge in [-0.3, -0.25) is 0 Å². The van der Waals surface area contributed by atoms with E-state index in [0.29, 0.717) is 0 Å². The van der Waals surface area contributed by atoms with Crippen molar-refractivity contribution in [3.05, 3.63) is 29.8 Å². The molecular formula is C18H26O7S. The van der Waals surface area contributed by atoms with Crippen LogP contribution in [0.15, 0.2) is 29.2 Å². The number of benzene rings is 1. The van der Waals surface area contributed by atoms with Crippen LogP contribution >= 0.6 is 0 Å². The Balaban J connectivity index is 1.78. The molecule has 2 heterocycles. The number of aliphatic hydroxyl groups is 1. The molecule has 0 spiro atoms. The van der Waals surface area contributed by atoms with Crippen molar-refractivity contribution in [2.75, 3.05) is 19.5 Å². The van der Waals surface area contributed by atoms with E-state index < -0.39 is 46.1 Å². The molecule has 0 amide bonds. The summed E-state index contributed by atoms with van der Waals surface area (Å²) in [6, 6.07) is 6.65. The number of rotatable bonds is 6. The summed E-state index contributed by atoms with van der Waals surface area (Å²) in [4.78, 5) is 0.224. The fraction of sp³-hybridized carbons (Fsp3) is 0.667. The normalized spacial score (nSPS) is 31.7. The molecule has 1 unspecified atom stereocenters. The molecule has 0 saturated carbocycles. The summed E-state index contributed by atoms with van der Waals surface area (Å²) in [6.45, 7) is 5.10. The van der Waals surface area contributed by atoms with E-state index in [2.05, 4.69) is 0 Å². The minimum absolute atomic E-state index is 0.224. The van der Waals surface area contributed by atoms with Gasteiger partial charge in [0.05, 0.1) is 16.8 Å². The standard InChI is InChI=1S/C18H26O7S/c1-11-5-7-13(8-6-11)26(20,21)10-12(9-19)14-15(22-4)16-17(23-14)25-18(2,3)24-16/h5-8,12,14-17,19H,9-10H2,1-4H3/t12?,14-,15+,16-,17-/m1/s1.